The summed E-state index contributed by atoms with van der Waals surface area (Å²) < 4.78 is 40.7. The van der Waals surface area contributed by atoms with Crippen molar-refractivity contribution in [2.75, 3.05) is 13.6 Å². The molecule has 1 aromatic carbocycles. The van der Waals surface area contributed by atoms with Crippen LogP contribution >= 0.6 is 0 Å². The lowest BCUT2D eigenvalue weighted by atomic mass is 10.1. The smallest absolute Gasteiger partial charge is 0.342 e. The van der Waals surface area contributed by atoms with E-state index in [0.29, 0.717) is 5.52 Å². The number of nitrogens with one attached hydrogen (secondary N) is 1. The zero-order valence-electron chi connectivity index (χ0n) is 12.6. The highest BCUT2D eigenvalue weighted by Gasteiger charge is 2.31. The SMILES string of the molecule is CNCCCc1cc2ccc(C(F)(F)F)cc2n1C(C)C. The van der Waals surface area contributed by atoms with Crippen molar-refractivity contribution in [1.29, 1.82) is 0 Å². The van der Waals surface area contributed by atoms with Crippen molar-refractivity contribution in [2.45, 2.75) is 38.9 Å². The van der Waals surface area contributed by atoms with E-state index in [2.05, 4.69) is 5.32 Å². The Labute approximate surface area is 122 Å². The Morgan fingerprint density at radius 1 is 1.19 bits per heavy atom. The Hall–Kier alpha value is -1.49. The van der Waals surface area contributed by atoms with Crippen molar-refractivity contribution >= 4 is 10.9 Å². The zero-order chi connectivity index (χ0) is 15.6. The first-order valence-electron chi connectivity index (χ1n) is 7.20. The molecule has 21 heavy (non-hydrogen) atoms. The monoisotopic (exact) mass is 298 g/mol. The van der Waals surface area contributed by atoms with Crippen molar-refractivity contribution in [3.8, 4) is 0 Å². The van der Waals surface area contributed by atoms with Crippen LogP contribution in [0, 0.1) is 0 Å². The minimum absolute atomic E-state index is 0.135. The quantitative estimate of drug-likeness (QED) is 0.810. The molecule has 0 fully saturated rings. The molecule has 0 saturated heterocycles. The molecular weight excluding hydrogens is 277 g/mol. The molecule has 116 valence electrons. The molecule has 0 atom stereocenters. The summed E-state index contributed by atoms with van der Waals surface area (Å²) in [6, 6.07) is 6.13. The first-order valence-corrected chi connectivity index (χ1v) is 7.20. The molecule has 0 spiro atoms. The van der Waals surface area contributed by atoms with Gasteiger partial charge in [0.1, 0.15) is 0 Å². The van der Waals surface area contributed by atoms with Crippen LogP contribution in [-0.2, 0) is 12.6 Å². The third-order valence-corrected chi connectivity index (χ3v) is 3.62. The topological polar surface area (TPSA) is 17.0 Å². The molecule has 2 rings (SSSR count). The van der Waals surface area contributed by atoms with Gasteiger partial charge in [-0.15, -0.1) is 0 Å². The number of aryl methyl sites for hydroxylation is 1. The first-order chi connectivity index (χ1) is 9.84. The molecule has 1 heterocycles. The third kappa shape index (κ3) is 3.40. The Kier molecular flexibility index (Phi) is 4.61. The molecule has 0 amide bonds. The molecular formula is C16H21F3N2. The van der Waals surface area contributed by atoms with E-state index < -0.39 is 11.7 Å². The molecule has 2 nitrogen and oxygen atoms in total. The van der Waals surface area contributed by atoms with Crippen LogP contribution in [0.1, 0.15) is 37.6 Å². The summed E-state index contributed by atoms with van der Waals surface area (Å²) in [5.41, 5.74) is 1.17. The van der Waals surface area contributed by atoms with E-state index in [4.69, 9.17) is 0 Å². The second-order valence-corrected chi connectivity index (χ2v) is 5.58. The normalized spacial score (nSPS) is 12.5. The van der Waals surface area contributed by atoms with E-state index in [0.717, 1.165) is 36.5 Å². The molecule has 0 aliphatic heterocycles. The number of fused-ring (bicyclic) bond motifs is 1. The largest absolute Gasteiger partial charge is 0.416 e. The van der Waals surface area contributed by atoms with Crippen molar-refractivity contribution < 1.29 is 13.2 Å². The van der Waals surface area contributed by atoms with Crippen LogP contribution in [0.25, 0.3) is 10.9 Å². The Bertz CT molecular complexity index is 612. The standard InChI is InChI=1S/C16H21F3N2/c1-11(2)21-14(5-4-8-20-3)9-12-6-7-13(10-15(12)21)16(17,18)19/h6-7,9-11,20H,4-5,8H2,1-3H3. The summed E-state index contributed by atoms with van der Waals surface area (Å²) >= 11 is 0. The second kappa shape index (κ2) is 6.10. The summed E-state index contributed by atoms with van der Waals surface area (Å²) in [6.45, 7) is 4.90. The van der Waals surface area contributed by atoms with Crippen LogP contribution in [0.5, 0.6) is 0 Å². The van der Waals surface area contributed by atoms with Gasteiger partial charge < -0.3 is 9.88 Å². The minimum atomic E-state index is -4.30. The van der Waals surface area contributed by atoms with Crippen LogP contribution in [0.3, 0.4) is 0 Å². The van der Waals surface area contributed by atoms with Gasteiger partial charge in [0.2, 0.25) is 0 Å². The van der Waals surface area contributed by atoms with Gasteiger partial charge in [-0.1, -0.05) is 6.07 Å². The Morgan fingerprint density at radius 3 is 2.48 bits per heavy atom. The number of aromatic nitrogens is 1. The number of halogens is 3. The summed E-state index contributed by atoms with van der Waals surface area (Å²) in [5, 5.41) is 3.96. The molecule has 0 aliphatic carbocycles. The maximum Gasteiger partial charge on any atom is 0.416 e. The molecule has 1 aromatic heterocycles. The van der Waals surface area contributed by atoms with Gasteiger partial charge in [0, 0.05) is 17.3 Å². The van der Waals surface area contributed by atoms with E-state index in [-0.39, 0.29) is 6.04 Å². The van der Waals surface area contributed by atoms with Gasteiger partial charge in [0.25, 0.3) is 0 Å². The molecule has 1 N–H and O–H groups in total. The van der Waals surface area contributed by atoms with Gasteiger partial charge in [-0.25, -0.2) is 0 Å². The van der Waals surface area contributed by atoms with Crippen LogP contribution in [-0.4, -0.2) is 18.2 Å². The molecule has 2 aromatic rings. The molecule has 0 bridgehead atoms. The highest BCUT2D eigenvalue weighted by atomic mass is 19.4. The summed E-state index contributed by atoms with van der Waals surface area (Å²) in [4.78, 5) is 0. The summed E-state index contributed by atoms with van der Waals surface area (Å²) in [7, 11) is 1.90. The average molecular weight is 298 g/mol. The summed E-state index contributed by atoms with van der Waals surface area (Å²) in [6.07, 6.45) is -2.48. The van der Waals surface area contributed by atoms with Crippen molar-refractivity contribution in [1.82, 2.24) is 9.88 Å². The van der Waals surface area contributed by atoms with Gasteiger partial charge in [-0.05, 0) is 63.9 Å². The van der Waals surface area contributed by atoms with Crippen LogP contribution < -0.4 is 5.32 Å². The lowest BCUT2D eigenvalue weighted by Gasteiger charge is -2.15. The predicted molar refractivity (Wildman–Crippen MR) is 79.6 cm³/mol. The highest BCUT2D eigenvalue weighted by Crippen LogP contribution is 2.33. The van der Waals surface area contributed by atoms with Gasteiger partial charge in [-0.2, -0.15) is 13.2 Å². The first kappa shape index (κ1) is 15.9. The van der Waals surface area contributed by atoms with E-state index >= 15 is 0 Å². The predicted octanol–water partition coefficient (Wildman–Crippen LogP) is 4.39. The minimum Gasteiger partial charge on any atom is -0.342 e. The number of nitrogens with zero attached hydrogens (tertiary/aromatic N) is 1. The van der Waals surface area contributed by atoms with E-state index in [1.54, 1.807) is 6.07 Å². The lowest BCUT2D eigenvalue weighted by Crippen LogP contribution is -2.11. The maximum atomic E-state index is 12.9. The molecule has 5 heteroatoms. The Balaban J connectivity index is 2.48. The van der Waals surface area contributed by atoms with E-state index in [9.17, 15) is 13.2 Å². The van der Waals surface area contributed by atoms with Gasteiger partial charge in [-0.3, -0.25) is 0 Å². The molecule has 0 aliphatic rings. The van der Waals surface area contributed by atoms with Crippen LogP contribution in [0.15, 0.2) is 24.3 Å². The van der Waals surface area contributed by atoms with Crippen molar-refractivity contribution in [3.63, 3.8) is 0 Å². The van der Waals surface area contributed by atoms with Crippen LogP contribution in [0.4, 0.5) is 13.2 Å². The van der Waals surface area contributed by atoms with Crippen molar-refractivity contribution in [2.24, 2.45) is 0 Å². The fourth-order valence-corrected chi connectivity index (χ4v) is 2.70. The number of alkyl halides is 3. The summed E-state index contributed by atoms with van der Waals surface area (Å²) in [5.74, 6) is 0. The molecule has 0 radical (unpaired) electrons. The fraction of sp³-hybridized carbons (Fsp3) is 0.500. The number of benzene rings is 1. The Morgan fingerprint density at radius 2 is 1.90 bits per heavy atom. The van der Waals surface area contributed by atoms with E-state index in [1.165, 1.54) is 6.07 Å². The highest BCUT2D eigenvalue weighted by molar-refractivity contribution is 5.82. The number of hydrogen-bond donors (Lipinski definition) is 1. The van der Waals surface area contributed by atoms with E-state index in [1.807, 2.05) is 31.5 Å². The van der Waals surface area contributed by atoms with Gasteiger partial charge in [0.05, 0.1) is 5.56 Å². The third-order valence-electron chi connectivity index (χ3n) is 3.62. The van der Waals surface area contributed by atoms with Gasteiger partial charge >= 0.3 is 6.18 Å². The van der Waals surface area contributed by atoms with Crippen molar-refractivity contribution in [3.05, 3.63) is 35.5 Å². The average Bonchev–Trinajstić information content (AvgIpc) is 2.75. The second-order valence-electron chi connectivity index (χ2n) is 5.58. The number of rotatable bonds is 5. The maximum absolute atomic E-state index is 12.9. The van der Waals surface area contributed by atoms with Gasteiger partial charge in [0.15, 0.2) is 0 Å². The van der Waals surface area contributed by atoms with Crippen LogP contribution in [0.2, 0.25) is 0 Å². The lowest BCUT2D eigenvalue weighted by molar-refractivity contribution is -0.137. The number of hydrogen-bond acceptors (Lipinski definition) is 1. The molecule has 0 unspecified atom stereocenters. The molecule has 0 saturated carbocycles. The fourth-order valence-electron chi connectivity index (χ4n) is 2.70. The zero-order valence-corrected chi connectivity index (χ0v) is 12.6.